The fourth-order valence-electron chi connectivity index (χ4n) is 3.36. The van der Waals surface area contributed by atoms with Crippen LogP contribution < -0.4 is 5.32 Å². The number of benzene rings is 1. The lowest BCUT2D eigenvalue weighted by Crippen LogP contribution is -2.36. The Hall–Kier alpha value is -2.68. The van der Waals surface area contributed by atoms with E-state index in [1.807, 2.05) is 11.8 Å². The van der Waals surface area contributed by atoms with Crippen LogP contribution in [0.25, 0.3) is 11.3 Å². The van der Waals surface area contributed by atoms with Crippen LogP contribution in [-0.2, 0) is 25.8 Å². The van der Waals surface area contributed by atoms with Gasteiger partial charge in [0.25, 0.3) is 0 Å². The first kappa shape index (κ1) is 22.0. The lowest BCUT2D eigenvalue weighted by atomic mass is 10.1. The van der Waals surface area contributed by atoms with Crippen LogP contribution in [0.1, 0.15) is 32.1 Å². The maximum absolute atomic E-state index is 12.1. The van der Waals surface area contributed by atoms with Crippen molar-refractivity contribution in [2.45, 2.75) is 37.5 Å². The van der Waals surface area contributed by atoms with Crippen molar-refractivity contribution in [3.63, 3.8) is 0 Å². The normalized spacial score (nSPS) is 15.4. The smallest absolute Gasteiger partial charge is 0.222 e. The van der Waals surface area contributed by atoms with Gasteiger partial charge in [-0.25, -0.2) is 13.4 Å². The molecule has 8 nitrogen and oxygen atoms in total. The molecule has 1 saturated heterocycles. The summed E-state index contributed by atoms with van der Waals surface area (Å²) in [6, 6.07) is 6.38. The number of hydrogen-bond donors (Lipinski definition) is 1. The molecule has 1 aliphatic heterocycles. The predicted molar refractivity (Wildman–Crippen MR) is 111 cm³/mol. The number of oxazole rings is 1. The van der Waals surface area contributed by atoms with Gasteiger partial charge in [0.2, 0.25) is 11.8 Å². The Kier molecular flexibility index (Phi) is 6.91. The van der Waals surface area contributed by atoms with Crippen LogP contribution in [0.3, 0.4) is 0 Å². The van der Waals surface area contributed by atoms with Gasteiger partial charge in [-0.2, -0.15) is 0 Å². The molecule has 162 valence electrons. The maximum Gasteiger partial charge on any atom is 0.222 e. The summed E-state index contributed by atoms with van der Waals surface area (Å²) in [4.78, 5) is 30.1. The molecule has 2 amide bonds. The highest BCUT2D eigenvalue weighted by atomic mass is 32.2. The first-order valence-corrected chi connectivity index (χ1v) is 11.9. The molecule has 0 saturated carbocycles. The third-order valence-corrected chi connectivity index (χ3v) is 6.17. The van der Waals surface area contributed by atoms with Crippen molar-refractivity contribution in [3.05, 3.63) is 36.4 Å². The lowest BCUT2D eigenvalue weighted by molar-refractivity contribution is -0.128. The zero-order chi connectivity index (χ0) is 21.7. The van der Waals surface area contributed by atoms with Gasteiger partial charge in [0.15, 0.2) is 21.5 Å². The molecule has 2 heterocycles. The Morgan fingerprint density at radius 3 is 2.67 bits per heavy atom. The third-order valence-electron chi connectivity index (χ3n) is 5.04. The van der Waals surface area contributed by atoms with E-state index in [0.717, 1.165) is 24.8 Å². The minimum Gasteiger partial charge on any atom is -0.441 e. The molecule has 1 aliphatic rings. The number of carbonyl (C=O) groups is 2. The molecule has 0 radical (unpaired) electrons. The molecular formula is C21H27N3O5S. The quantitative estimate of drug-likeness (QED) is 0.648. The minimum atomic E-state index is -3.25. The number of carbonyl (C=O) groups excluding carboxylic acids is 2. The first-order chi connectivity index (χ1) is 14.2. The van der Waals surface area contributed by atoms with Gasteiger partial charge in [-0.15, -0.1) is 0 Å². The number of nitrogens with zero attached hydrogens (tertiary/aromatic N) is 2. The summed E-state index contributed by atoms with van der Waals surface area (Å²) < 4.78 is 28.8. The van der Waals surface area contributed by atoms with Gasteiger partial charge in [0.05, 0.1) is 11.1 Å². The number of sulfone groups is 1. The number of amides is 2. The van der Waals surface area contributed by atoms with Crippen molar-refractivity contribution >= 4 is 21.7 Å². The number of hydrogen-bond acceptors (Lipinski definition) is 6. The van der Waals surface area contributed by atoms with Gasteiger partial charge < -0.3 is 14.6 Å². The van der Waals surface area contributed by atoms with Gasteiger partial charge in [0.1, 0.15) is 0 Å². The largest absolute Gasteiger partial charge is 0.441 e. The second-order valence-electron chi connectivity index (χ2n) is 7.77. The zero-order valence-electron chi connectivity index (χ0n) is 17.3. The van der Waals surface area contributed by atoms with Crippen LogP contribution in [0.4, 0.5) is 0 Å². The molecular weight excluding hydrogens is 406 g/mol. The number of nitrogens with one attached hydrogen (secondary N) is 1. The van der Waals surface area contributed by atoms with Gasteiger partial charge in [-0.05, 0) is 36.6 Å². The summed E-state index contributed by atoms with van der Waals surface area (Å²) in [6.45, 7) is 4.01. The molecule has 1 N–H and O–H groups in total. The molecule has 9 heteroatoms. The minimum absolute atomic E-state index is 0.0909. The highest BCUT2D eigenvalue weighted by Crippen LogP contribution is 2.22. The van der Waals surface area contributed by atoms with Crippen LogP contribution >= 0.6 is 0 Å². The zero-order valence-corrected chi connectivity index (χ0v) is 18.1. The van der Waals surface area contributed by atoms with Crippen molar-refractivity contribution in [3.8, 4) is 11.3 Å². The van der Waals surface area contributed by atoms with Crippen LogP contribution in [0.2, 0.25) is 0 Å². The Bertz CT molecular complexity index is 998. The summed E-state index contributed by atoms with van der Waals surface area (Å²) in [5.74, 6) is 1.27. The molecule has 2 aromatic rings. The predicted octanol–water partition coefficient (Wildman–Crippen LogP) is 2.05. The second-order valence-corrected chi connectivity index (χ2v) is 9.78. The monoisotopic (exact) mass is 433 g/mol. The van der Waals surface area contributed by atoms with E-state index in [-0.39, 0.29) is 29.0 Å². The Morgan fingerprint density at radius 2 is 2.03 bits per heavy atom. The van der Waals surface area contributed by atoms with Gasteiger partial charge in [-0.3, -0.25) is 9.59 Å². The molecule has 30 heavy (non-hydrogen) atoms. The number of likely N-dealkylation sites (tertiary alicyclic amines) is 1. The van der Waals surface area contributed by atoms with E-state index < -0.39 is 9.84 Å². The Morgan fingerprint density at radius 1 is 1.30 bits per heavy atom. The Balaban J connectivity index is 1.44. The molecule has 0 aliphatic carbocycles. The number of aromatic nitrogens is 1. The molecule has 1 atom stereocenters. The molecule has 1 aromatic heterocycles. The molecule has 1 aromatic carbocycles. The summed E-state index contributed by atoms with van der Waals surface area (Å²) >= 11 is 0. The third kappa shape index (κ3) is 5.91. The average Bonchev–Trinajstić information content (AvgIpc) is 3.33. The van der Waals surface area contributed by atoms with E-state index in [9.17, 15) is 18.0 Å². The average molecular weight is 434 g/mol. The molecule has 3 rings (SSSR count). The molecule has 0 unspecified atom stereocenters. The van der Waals surface area contributed by atoms with E-state index in [1.54, 1.807) is 18.3 Å². The summed E-state index contributed by atoms with van der Waals surface area (Å²) in [7, 11) is -3.25. The standard InChI is InChI=1S/C21H27N3O5S/c1-15(14-24-11-3-4-21(24)26)12-22-19(25)9-10-20-23-13-18(29-20)16-5-7-17(8-6-16)30(2,27)28/h5-8,13,15H,3-4,9-12,14H2,1-2H3,(H,22,25)/t15-/m0/s1. The van der Waals surface area contributed by atoms with Crippen molar-refractivity contribution in [2.24, 2.45) is 5.92 Å². The number of rotatable bonds is 9. The van der Waals surface area contributed by atoms with Crippen molar-refractivity contribution < 1.29 is 22.4 Å². The van der Waals surface area contributed by atoms with Crippen LogP contribution in [-0.4, -0.2) is 56.0 Å². The second kappa shape index (κ2) is 9.42. The van der Waals surface area contributed by atoms with Crippen molar-refractivity contribution in [1.82, 2.24) is 15.2 Å². The molecule has 1 fully saturated rings. The van der Waals surface area contributed by atoms with Crippen LogP contribution in [0, 0.1) is 5.92 Å². The van der Waals surface area contributed by atoms with E-state index in [2.05, 4.69) is 10.3 Å². The fraction of sp³-hybridized carbons (Fsp3) is 0.476. The van der Waals surface area contributed by atoms with Gasteiger partial charge in [-0.1, -0.05) is 6.92 Å². The fourth-order valence-corrected chi connectivity index (χ4v) is 3.99. The summed E-state index contributed by atoms with van der Waals surface area (Å²) in [6.07, 6.45) is 4.88. The van der Waals surface area contributed by atoms with Crippen molar-refractivity contribution in [1.29, 1.82) is 0 Å². The highest BCUT2D eigenvalue weighted by Gasteiger charge is 2.21. The highest BCUT2D eigenvalue weighted by molar-refractivity contribution is 7.90. The SMILES string of the molecule is C[C@@H](CNC(=O)CCc1ncc(-c2ccc(S(C)(=O)=O)cc2)o1)CN1CCCC1=O. The molecule has 0 bridgehead atoms. The van der Waals surface area contributed by atoms with Crippen LogP contribution in [0.15, 0.2) is 39.8 Å². The topological polar surface area (TPSA) is 110 Å². The van der Waals surface area contributed by atoms with E-state index in [1.165, 1.54) is 12.1 Å². The number of aryl methyl sites for hydroxylation is 1. The lowest BCUT2D eigenvalue weighted by Gasteiger charge is -2.20. The van der Waals surface area contributed by atoms with E-state index in [0.29, 0.717) is 37.6 Å². The van der Waals surface area contributed by atoms with E-state index in [4.69, 9.17) is 4.42 Å². The van der Waals surface area contributed by atoms with Gasteiger partial charge >= 0.3 is 0 Å². The first-order valence-electron chi connectivity index (χ1n) is 10.0. The Labute approximate surface area is 176 Å². The van der Waals surface area contributed by atoms with Gasteiger partial charge in [0, 0.05) is 50.7 Å². The summed E-state index contributed by atoms with van der Waals surface area (Å²) in [5.41, 5.74) is 0.718. The van der Waals surface area contributed by atoms with Crippen LogP contribution in [0.5, 0.6) is 0 Å². The molecule has 0 spiro atoms. The maximum atomic E-state index is 12.1. The van der Waals surface area contributed by atoms with E-state index >= 15 is 0 Å². The van der Waals surface area contributed by atoms with Crippen molar-refractivity contribution in [2.75, 3.05) is 25.9 Å². The summed E-state index contributed by atoms with van der Waals surface area (Å²) in [5, 5.41) is 2.90.